The molecule has 96 valence electrons. The third kappa shape index (κ3) is 3.46. The molecule has 1 rings (SSSR count). The van der Waals surface area contributed by atoms with Crippen LogP contribution in [0.2, 0.25) is 0 Å². The maximum absolute atomic E-state index is 6.14. The zero-order valence-corrected chi connectivity index (χ0v) is 11.8. The van der Waals surface area contributed by atoms with Gasteiger partial charge in [0.05, 0.1) is 17.5 Å². The maximum atomic E-state index is 6.14. The van der Waals surface area contributed by atoms with Crippen molar-refractivity contribution < 1.29 is 4.74 Å². The number of nitrogens with one attached hydrogen (secondary N) is 1. The van der Waals surface area contributed by atoms with Gasteiger partial charge in [-0.1, -0.05) is 0 Å². The van der Waals surface area contributed by atoms with Crippen molar-refractivity contribution in [3.8, 4) is 5.88 Å². The van der Waals surface area contributed by atoms with Crippen LogP contribution in [0.1, 0.15) is 33.3 Å². The van der Waals surface area contributed by atoms with Crippen LogP contribution in [0.25, 0.3) is 0 Å². The van der Waals surface area contributed by atoms with E-state index in [0.29, 0.717) is 12.5 Å². The summed E-state index contributed by atoms with van der Waals surface area (Å²) >= 11 is 6.14. The average Bonchev–Trinajstić information content (AvgIpc) is 2.24. The lowest BCUT2D eigenvalue weighted by Gasteiger charge is -2.30. The van der Waals surface area contributed by atoms with E-state index in [1.165, 1.54) is 6.33 Å². The molecule has 1 aromatic heterocycles. The van der Waals surface area contributed by atoms with Crippen LogP contribution in [0.4, 0.5) is 5.82 Å². The van der Waals surface area contributed by atoms with Gasteiger partial charge >= 0.3 is 0 Å². The van der Waals surface area contributed by atoms with E-state index in [1.807, 2.05) is 34.6 Å². The first-order valence-electron chi connectivity index (χ1n) is 5.75. The number of hydrogen-bond acceptors (Lipinski definition) is 4. The first kappa shape index (κ1) is 14.0. The molecule has 5 heteroatoms. The highest BCUT2D eigenvalue weighted by molar-refractivity contribution is 6.21. The fourth-order valence-electron chi connectivity index (χ4n) is 1.25. The minimum atomic E-state index is -0.246. The third-order valence-corrected chi connectivity index (χ3v) is 3.30. The van der Waals surface area contributed by atoms with Gasteiger partial charge < -0.3 is 10.1 Å². The fourth-order valence-corrected chi connectivity index (χ4v) is 1.30. The summed E-state index contributed by atoms with van der Waals surface area (Å²) < 4.78 is 5.43. The zero-order valence-electron chi connectivity index (χ0n) is 11.0. The predicted octanol–water partition coefficient (Wildman–Crippen LogP) is 3.00. The molecule has 0 saturated heterocycles. The normalized spacial score (nSPS) is 13.3. The third-order valence-electron chi connectivity index (χ3n) is 2.75. The Bertz CT molecular complexity index is 380. The van der Waals surface area contributed by atoms with Crippen molar-refractivity contribution in [1.29, 1.82) is 0 Å². The molecule has 0 amide bonds. The van der Waals surface area contributed by atoms with Gasteiger partial charge in [-0.25, -0.2) is 9.97 Å². The highest BCUT2D eigenvalue weighted by atomic mass is 35.5. The summed E-state index contributed by atoms with van der Waals surface area (Å²) in [7, 11) is 0. The minimum absolute atomic E-state index is 0.0209. The number of aromatic nitrogens is 2. The molecule has 17 heavy (non-hydrogen) atoms. The Morgan fingerprint density at radius 2 is 2.12 bits per heavy atom. The minimum Gasteiger partial charge on any atom is -0.478 e. The number of ether oxygens (including phenoxy) is 1. The predicted molar refractivity (Wildman–Crippen MR) is 71.0 cm³/mol. The largest absolute Gasteiger partial charge is 0.478 e. The second-order valence-corrected chi connectivity index (χ2v) is 5.20. The van der Waals surface area contributed by atoms with Gasteiger partial charge in [0.2, 0.25) is 5.88 Å². The quantitative estimate of drug-likeness (QED) is 0.824. The van der Waals surface area contributed by atoms with Crippen molar-refractivity contribution in [2.45, 2.75) is 45.5 Å². The average molecular weight is 258 g/mol. The van der Waals surface area contributed by atoms with Crippen LogP contribution in [-0.2, 0) is 0 Å². The van der Waals surface area contributed by atoms with E-state index in [2.05, 4.69) is 15.3 Å². The second kappa shape index (κ2) is 5.54. The molecule has 4 nitrogen and oxygen atoms in total. The van der Waals surface area contributed by atoms with Gasteiger partial charge in [0, 0.05) is 5.54 Å². The summed E-state index contributed by atoms with van der Waals surface area (Å²) in [6, 6.07) is 0. The Hall–Kier alpha value is -1.03. The molecular weight excluding hydrogens is 238 g/mol. The van der Waals surface area contributed by atoms with Gasteiger partial charge in [-0.2, -0.15) is 0 Å². The van der Waals surface area contributed by atoms with Gasteiger partial charge in [0.15, 0.2) is 0 Å². The fraction of sp³-hybridized carbons (Fsp3) is 0.667. The molecule has 1 aromatic rings. The number of anilines is 1. The topological polar surface area (TPSA) is 47.0 Å². The van der Waals surface area contributed by atoms with Crippen LogP contribution in [0.15, 0.2) is 6.33 Å². The highest BCUT2D eigenvalue weighted by Crippen LogP contribution is 2.26. The SMILES string of the molecule is CCOc1ncnc(NC(C)(C)C(C)Cl)c1C. The molecule has 0 saturated carbocycles. The standard InChI is InChI=1S/C12H20ClN3O/c1-6-17-11-8(2)10(14-7-15-11)16-12(4,5)9(3)13/h7,9H,6H2,1-5H3,(H,14,15,16). The molecule has 0 aliphatic heterocycles. The zero-order chi connectivity index (χ0) is 13.1. The van der Waals surface area contributed by atoms with Crippen molar-refractivity contribution >= 4 is 17.4 Å². The van der Waals surface area contributed by atoms with Gasteiger partial charge in [-0.05, 0) is 34.6 Å². The van der Waals surface area contributed by atoms with Gasteiger partial charge in [-0.3, -0.25) is 0 Å². The van der Waals surface area contributed by atoms with E-state index in [0.717, 1.165) is 11.4 Å². The van der Waals surface area contributed by atoms with Crippen LogP contribution < -0.4 is 10.1 Å². The summed E-state index contributed by atoms with van der Waals surface area (Å²) in [5, 5.41) is 3.30. The lowest BCUT2D eigenvalue weighted by atomic mass is 10.0. The van der Waals surface area contributed by atoms with Crippen molar-refractivity contribution in [3.05, 3.63) is 11.9 Å². The van der Waals surface area contributed by atoms with Gasteiger partial charge in [0.25, 0.3) is 0 Å². The number of alkyl halides is 1. The molecule has 0 aromatic carbocycles. The lowest BCUT2D eigenvalue weighted by molar-refractivity contribution is 0.323. The molecule has 1 atom stereocenters. The van der Waals surface area contributed by atoms with E-state index < -0.39 is 0 Å². The van der Waals surface area contributed by atoms with Crippen molar-refractivity contribution in [2.24, 2.45) is 0 Å². The van der Waals surface area contributed by atoms with E-state index in [-0.39, 0.29) is 10.9 Å². The van der Waals surface area contributed by atoms with Crippen LogP contribution >= 0.6 is 11.6 Å². The molecule has 1 N–H and O–H groups in total. The van der Waals surface area contributed by atoms with Crippen LogP contribution in [-0.4, -0.2) is 27.5 Å². The first-order chi connectivity index (χ1) is 7.88. The molecule has 0 aliphatic carbocycles. The summed E-state index contributed by atoms with van der Waals surface area (Å²) in [6.45, 7) is 10.5. The number of halogens is 1. The Morgan fingerprint density at radius 3 is 2.65 bits per heavy atom. The smallest absolute Gasteiger partial charge is 0.221 e. The molecule has 0 aliphatic rings. The Labute approximate surface area is 108 Å². The summed E-state index contributed by atoms with van der Waals surface area (Å²) in [5.74, 6) is 1.38. The van der Waals surface area contributed by atoms with Gasteiger partial charge in [0.1, 0.15) is 12.1 Å². The van der Waals surface area contributed by atoms with Crippen molar-refractivity contribution in [2.75, 3.05) is 11.9 Å². The number of hydrogen-bond donors (Lipinski definition) is 1. The summed E-state index contributed by atoms with van der Waals surface area (Å²) in [6.07, 6.45) is 1.50. The molecule has 1 unspecified atom stereocenters. The van der Waals surface area contributed by atoms with E-state index in [9.17, 15) is 0 Å². The van der Waals surface area contributed by atoms with Crippen LogP contribution in [0, 0.1) is 6.92 Å². The Morgan fingerprint density at radius 1 is 1.47 bits per heavy atom. The molecular formula is C12H20ClN3O. The van der Waals surface area contributed by atoms with Crippen LogP contribution in [0.3, 0.4) is 0 Å². The molecule has 0 spiro atoms. The Kier molecular flexibility index (Phi) is 4.57. The first-order valence-corrected chi connectivity index (χ1v) is 6.18. The Balaban J connectivity index is 2.96. The van der Waals surface area contributed by atoms with Crippen molar-refractivity contribution in [1.82, 2.24) is 9.97 Å². The highest BCUT2D eigenvalue weighted by Gasteiger charge is 2.25. The summed E-state index contributed by atoms with van der Waals surface area (Å²) in [5.41, 5.74) is 0.657. The van der Waals surface area contributed by atoms with Crippen LogP contribution in [0.5, 0.6) is 5.88 Å². The lowest BCUT2D eigenvalue weighted by Crippen LogP contribution is -2.39. The number of nitrogens with zero attached hydrogens (tertiary/aromatic N) is 2. The molecule has 1 heterocycles. The molecule has 0 bridgehead atoms. The number of rotatable bonds is 5. The monoisotopic (exact) mass is 257 g/mol. The van der Waals surface area contributed by atoms with E-state index in [4.69, 9.17) is 16.3 Å². The summed E-state index contributed by atoms with van der Waals surface area (Å²) in [4.78, 5) is 8.33. The van der Waals surface area contributed by atoms with Gasteiger partial charge in [-0.15, -0.1) is 11.6 Å². The molecule has 0 radical (unpaired) electrons. The maximum Gasteiger partial charge on any atom is 0.221 e. The van der Waals surface area contributed by atoms with E-state index in [1.54, 1.807) is 0 Å². The van der Waals surface area contributed by atoms with E-state index >= 15 is 0 Å². The van der Waals surface area contributed by atoms with Crippen molar-refractivity contribution in [3.63, 3.8) is 0 Å². The second-order valence-electron chi connectivity index (χ2n) is 4.55. The molecule has 0 fully saturated rings.